The first-order chi connectivity index (χ1) is 6.50. The molecule has 0 radical (unpaired) electrons. The van der Waals surface area contributed by atoms with Crippen molar-refractivity contribution in [3.8, 4) is 0 Å². The van der Waals surface area contributed by atoms with E-state index in [0.717, 1.165) is 0 Å². The summed E-state index contributed by atoms with van der Waals surface area (Å²) in [6.07, 6.45) is 1.45. The van der Waals surface area contributed by atoms with Crippen LogP contribution in [0.15, 0.2) is 12.3 Å². The second-order valence-electron chi connectivity index (χ2n) is 2.76. The molecule has 4 nitrogen and oxygen atoms in total. The Hall–Kier alpha value is -1.00. The van der Waals surface area contributed by atoms with Crippen molar-refractivity contribution in [2.45, 2.75) is 13.0 Å². The number of anilines is 1. The zero-order valence-corrected chi connectivity index (χ0v) is 8.93. The lowest BCUT2D eigenvalue weighted by Gasteiger charge is -2.12. The van der Waals surface area contributed by atoms with Gasteiger partial charge < -0.3 is 11.1 Å². The molecule has 14 heavy (non-hydrogen) atoms. The van der Waals surface area contributed by atoms with Crippen LogP contribution in [-0.2, 0) is 4.79 Å². The van der Waals surface area contributed by atoms with Crippen molar-refractivity contribution in [3.63, 3.8) is 0 Å². The number of hydrogen-bond acceptors (Lipinski definition) is 3. The van der Waals surface area contributed by atoms with E-state index in [1.165, 1.54) is 12.3 Å². The van der Waals surface area contributed by atoms with Gasteiger partial charge in [0.25, 0.3) is 0 Å². The van der Waals surface area contributed by atoms with Gasteiger partial charge in [0, 0.05) is 0 Å². The zero-order chi connectivity index (χ0) is 10.7. The van der Waals surface area contributed by atoms with Crippen LogP contribution in [0.1, 0.15) is 6.92 Å². The number of carbonyl (C=O) groups is 1. The number of carbonyl (C=O) groups excluding carboxylic acids is 1. The Morgan fingerprint density at radius 2 is 2.29 bits per heavy atom. The number of primary amides is 1. The van der Waals surface area contributed by atoms with Crippen molar-refractivity contribution in [2.75, 3.05) is 5.32 Å². The predicted molar refractivity (Wildman–Crippen MR) is 56.5 cm³/mol. The van der Waals surface area contributed by atoms with Crippen LogP contribution >= 0.6 is 23.2 Å². The van der Waals surface area contributed by atoms with E-state index in [2.05, 4.69) is 10.3 Å². The Bertz CT molecular complexity index is 356. The highest BCUT2D eigenvalue weighted by Crippen LogP contribution is 2.23. The van der Waals surface area contributed by atoms with Gasteiger partial charge in [-0.1, -0.05) is 23.2 Å². The molecule has 0 bridgehead atoms. The first kappa shape index (κ1) is 11.1. The maximum absolute atomic E-state index is 10.8. The molecule has 0 saturated carbocycles. The van der Waals surface area contributed by atoms with Gasteiger partial charge in [-0.05, 0) is 13.0 Å². The van der Waals surface area contributed by atoms with Gasteiger partial charge in [-0.3, -0.25) is 4.79 Å². The standard InChI is InChI=1S/C8H9Cl2N3O/c1-4(8(11)14)13-6-3-12-7(10)2-5(6)9/h2-4,13H,1H3,(H2,11,14)/t4-/m1/s1. The topological polar surface area (TPSA) is 68.0 Å². The van der Waals surface area contributed by atoms with E-state index in [9.17, 15) is 4.79 Å². The van der Waals surface area contributed by atoms with E-state index in [4.69, 9.17) is 28.9 Å². The van der Waals surface area contributed by atoms with Crippen molar-refractivity contribution in [2.24, 2.45) is 5.73 Å². The number of pyridine rings is 1. The van der Waals surface area contributed by atoms with Gasteiger partial charge in [0.15, 0.2) is 0 Å². The van der Waals surface area contributed by atoms with Gasteiger partial charge in [-0.15, -0.1) is 0 Å². The lowest BCUT2D eigenvalue weighted by Crippen LogP contribution is -2.32. The summed E-state index contributed by atoms with van der Waals surface area (Å²) in [7, 11) is 0. The number of nitrogens with one attached hydrogen (secondary N) is 1. The molecule has 1 rings (SSSR count). The summed E-state index contributed by atoms with van der Waals surface area (Å²) in [4.78, 5) is 14.6. The minimum atomic E-state index is -0.504. The van der Waals surface area contributed by atoms with Crippen molar-refractivity contribution < 1.29 is 4.79 Å². The molecule has 0 fully saturated rings. The van der Waals surface area contributed by atoms with E-state index in [0.29, 0.717) is 15.9 Å². The van der Waals surface area contributed by atoms with E-state index in [1.54, 1.807) is 6.92 Å². The number of aromatic nitrogens is 1. The Balaban J connectivity index is 2.82. The van der Waals surface area contributed by atoms with Gasteiger partial charge in [0.05, 0.1) is 16.9 Å². The van der Waals surface area contributed by atoms with Crippen LogP contribution in [0.2, 0.25) is 10.2 Å². The summed E-state index contributed by atoms with van der Waals surface area (Å²) >= 11 is 11.4. The Kier molecular flexibility index (Phi) is 3.55. The third kappa shape index (κ3) is 2.75. The van der Waals surface area contributed by atoms with Crippen LogP contribution in [0, 0.1) is 0 Å². The molecule has 0 saturated heterocycles. The second kappa shape index (κ2) is 4.48. The van der Waals surface area contributed by atoms with E-state index in [1.807, 2.05) is 0 Å². The quantitative estimate of drug-likeness (QED) is 0.781. The maximum atomic E-state index is 10.8. The lowest BCUT2D eigenvalue weighted by molar-refractivity contribution is -0.118. The molecule has 0 unspecified atom stereocenters. The van der Waals surface area contributed by atoms with Gasteiger partial charge >= 0.3 is 0 Å². The van der Waals surface area contributed by atoms with Crippen molar-refractivity contribution in [1.29, 1.82) is 0 Å². The smallest absolute Gasteiger partial charge is 0.239 e. The summed E-state index contributed by atoms with van der Waals surface area (Å²) in [6.45, 7) is 1.63. The summed E-state index contributed by atoms with van der Waals surface area (Å²) < 4.78 is 0. The summed E-state index contributed by atoms with van der Waals surface area (Å²) in [5.74, 6) is -0.462. The van der Waals surface area contributed by atoms with Crippen molar-refractivity contribution in [3.05, 3.63) is 22.4 Å². The number of nitrogens with zero attached hydrogens (tertiary/aromatic N) is 1. The van der Waals surface area contributed by atoms with Crippen LogP contribution < -0.4 is 11.1 Å². The van der Waals surface area contributed by atoms with Crippen LogP contribution in [0.3, 0.4) is 0 Å². The third-order valence-corrected chi connectivity index (χ3v) is 2.14. The highest BCUT2D eigenvalue weighted by molar-refractivity contribution is 6.35. The molecule has 1 aromatic heterocycles. The molecule has 0 aliphatic rings. The number of amides is 1. The summed E-state index contributed by atoms with van der Waals surface area (Å²) in [5, 5.41) is 3.51. The molecule has 3 N–H and O–H groups in total. The summed E-state index contributed by atoms with van der Waals surface area (Å²) in [6, 6.07) is 0.981. The minimum absolute atomic E-state index is 0.298. The van der Waals surface area contributed by atoms with Gasteiger partial charge in [-0.25, -0.2) is 4.98 Å². The number of nitrogens with two attached hydrogens (primary N) is 1. The number of hydrogen-bond donors (Lipinski definition) is 2. The van der Waals surface area contributed by atoms with Crippen LogP contribution in [-0.4, -0.2) is 16.9 Å². The molecular formula is C8H9Cl2N3O. The highest BCUT2D eigenvalue weighted by Gasteiger charge is 2.10. The zero-order valence-electron chi connectivity index (χ0n) is 7.42. The predicted octanol–water partition coefficient (Wildman–Crippen LogP) is 1.67. The second-order valence-corrected chi connectivity index (χ2v) is 3.55. The van der Waals surface area contributed by atoms with E-state index < -0.39 is 11.9 Å². The fourth-order valence-electron chi connectivity index (χ4n) is 0.818. The number of halogens is 2. The number of rotatable bonds is 3. The van der Waals surface area contributed by atoms with E-state index in [-0.39, 0.29) is 0 Å². The van der Waals surface area contributed by atoms with Crippen LogP contribution in [0.4, 0.5) is 5.69 Å². The van der Waals surface area contributed by atoms with Crippen molar-refractivity contribution >= 4 is 34.8 Å². The molecule has 1 aromatic rings. The third-order valence-electron chi connectivity index (χ3n) is 1.62. The minimum Gasteiger partial charge on any atom is -0.371 e. The van der Waals surface area contributed by atoms with E-state index >= 15 is 0 Å². The molecule has 0 aliphatic carbocycles. The molecule has 0 aliphatic heterocycles. The van der Waals surface area contributed by atoms with Gasteiger partial charge in [0.1, 0.15) is 11.2 Å². The fourth-order valence-corrected chi connectivity index (χ4v) is 1.24. The summed E-state index contributed by atoms with van der Waals surface area (Å²) in [5.41, 5.74) is 5.60. The average molecular weight is 234 g/mol. The van der Waals surface area contributed by atoms with Crippen LogP contribution in [0.25, 0.3) is 0 Å². The first-order valence-corrected chi connectivity index (χ1v) is 4.63. The molecular weight excluding hydrogens is 225 g/mol. The first-order valence-electron chi connectivity index (χ1n) is 3.87. The Morgan fingerprint density at radius 3 is 2.79 bits per heavy atom. The molecule has 1 heterocycles. The molecule has 6 heteroatoms. The fraction of sp³-hybridized carbons (Fsp3) is 0.250. The normalized spacial score (nSPS) is 12.2. The average Bonchev–Trinajstić information content (AvgIpc) is 2.09. The molecule has 1 atom stereocenters. The van der Waals surface area contributed by atoms with Gasteiger partial charge in [-0.2, -0.15) is 0 Å². The molecule has 0 aromatic carbocycles. The molecule has 0 spiro atoms. The Labute approximate surface area is 91.4 Å². The lowest BCUT2D eigenvalue weighted by atomic mass is 10.3. The maximum Gasteiger partial charge on any atom is 0.239 e. The monoisotopic (exact) mass is 233 g/mol. The molecule has 1 amide bonds. The SMILES string of the molecule is C[C@@H](Nc1cnc(Cl)cc1Cl)C(N)=O. The Morgan fingerprint density at radius 1 is 1.64 bits per heavy atom. The molecule has 76 valence electrons. The van der Waals surface area contributed by atoms with Crippen LogP contribution in [0.5, 0.6) is 0 Å². The van der Waals surface area contributed by atoms with Crippen molar-refractivity contribution in [1.82, 2.24) is 4.98 Å². The largest absolute Gasteiger partial charge is 0.371 e. The van der Waals surface area contributed by atoms with Gasteiger partial charge in [0.2, 0.25) is 5.91 Å². The highest BCUT2D eigenvalue weighted by atomic mass is 35.5.